The van der Waals surface area contributed by atoms with Crippen LogP contribution in [0.5, 0.6) is 0 Å². The number of hydrogen-bond donors (Lipinski definition) is 2. The normalized spacial score (nSPS) is 15.8. The topological polar surface area (TPSA) is 39.7 Å². The van der Waals surface area contributed by atoms with Crippen molar-refractivity contribution in [1.29, 1.82) is 0 Å². The van der Waals surface area contributed by atoms with Crippen molar-refractivity contribution >= 4 is 29.9 Å². The van der Waals surface area contributed by atoms with Crippen LogP contribution < -0.4 is 10.6 Å². The van der Waals surface area contributed by atoms with E-state index in [4.69, 9.17) is 4.99 Å². The van der Waals surface area contributed by atoms with Crippen molar-refractivity contribution in [1.82, 2.24) is 15.5 Å². The van der Waals surface area contributed by atoms with Crippen LogP contribution in [-0.2, 0) is 5.41 Å². The van der Waals surface area contributed by atoms with Gasteiger partial charge in [0.05, 0.1) is 6.54 Å². The average molecular weight is 448 g/mol. The van der Waals surface area contributed by atoms with E-state index >= 15 is 0 Å². The highest BCUT2D eigenvalue weighted by Crippen LogP contribution is 2.48. The Balaban J connectivity index is 0.00000288. The molecule has 0 amide bonds. The molecule has 0 aromatic heterocycles. The van der Waals surface area contributed by atoms with E-state index in [9.17, 15) is 4.39 Å². The molecule has 0 heterocycles. The summed E-state index contributed by atoms with van der Waals surface area (Å²) < 4.78 is 13.5. The summed E-state index contributed by atoms with van der Waals surface area (Å²) in [4.78, 5) is 6.90. The van der Waals surface area contributed by atoms with Gasteiger partial charge in [0.1, 0.15) is 5.82 Å². The number of hydrogen-bond acceptors (Lipinski definition) is 2. The molecule has 24 heavy (non-hydrogen) atoms. The van der Waals surface area contributed by atoms with Gasteiger partial charge in [-0.1, -0.05) is 12.1 Å². The molecule has 1 aliphatic rings. The first-order chi connectivity index (χ1) is 11.1. The Bertz CT molecular complexity index is 530. The molecule has 0 radical (unpaired) electrons. The van der Waals surface area contributed by atoms with E-state index in [0.29, 0.717) is 6.54 Å². The minimum atomic E-state index is -0.161. The minimum Gasteiger partial charge on any atom is -0.357 e. The molecular weight excluding hydrogens is 418 g/mol. The van der Waals surface area contributed by atoms with E-state index in [2.05, 4.69) is 36.6 Å². The molecular formula is C18H30FIN4. The summed E-state index contributed by atoms with van der Waals surface area (Å²) in [5.74, 6) is 0.695. The SMILES string of the molecule is CCNC(=NCC1(c2cccc(F)c2)CC1)NCCCN(C)C.I. The number of nitrogens with zero attached hydrogens (tertiary/aromatic N) is 2. The highest BCUT2D eigenvalue weighted by molar-refractivity contribution is 14.0. The van der Waals surface area contributed by atoms with Crippen LogP contribution >= 0.6 is 24.0 Å². The van der Waals surface area contributed by atoms with Crippen molar-refractivity contribution in [2.45, 2.75) is 31.6 Å². The Morgan fingerprint density at radius 2 is 2.04 bits per heavy atom. The average Bonchev–Trinajstić information content (AvgIpc) is 3.30. The Morgan fingerprint density at radius 3 is 2.62 bits per heavy atom. The largest absolute Gasteiger partial charge is 0.357 e. The summed E-state index contributed by atoms with van der Waals surface area (Å²) >= 11 is 0. The molecule has 0 atom stereocenters. The number of guanidine groups is 1. The molecule has 2 N–H and O–H groups in total. The van der Waals surface area contributed by atoms with Gasteiger partial charge in [-0.25, -0.2) is 4.39 Å². The van der Waals surface area contributed by atoms with Gasteiger partial charge in [-0.2, -0.15) is 0 Å². The van der Waals surface area contributed by atoms with Gasteiger partial charge in [0, 0.05) is 18.5 Å². The number of nitrogens with one attached hydrogen (secondary N) is 2. The minimum absolute atomic E-state index is 0. The van der Waals surface area contributed by atoms with Gasteiger partial charge in [0.25, 0.3) is 0 Å². The molecule has 1 saturated carbocycles. The van der Waals surface area contributed by atoms with Crippen LogP contribution in [-0.4, -0.2) is 51.1 Å². The van der Waals surface area contributed by atoms with Gasteiger partial charge in [0.2, 0.25) is 0 Å². The maximum Gasteiger partial charge on any atom is 0.191 e. The number of halogens is 2. The third kappa shape index (κ3) is 6.55. The van der Waals surface area contributed by atoms with Crippen LogP contribution in [0.3, 0.4) is 0 Å². The predicted molar refractivity (Wildman–Crippen MR) is 110 cm³/mol. The van der Waals surface area contributed by atoms with Gasteiger partial charge < -0.3 is 15.5 Å². The van der Waals surface area contributed by atoms with Crippen molar-refractivity contribution < 1.29 is 4.39 Å². The molecule has 1 fully saturated rings. The van der Waals surface area contributed by atoms with Crippen molar-refractivity contribution in [3.05, 3.63) is 35.6 Å². The zero-order chi connectivity index (χ0) is 16.7. The first-order valence-electron chi connectivity index (χ1n) is 8.49. The standard InChI is InChI=1S/C18H29FN4.HI/c1-4-20-17(21-11-6-12-23(2)3)22-14-18(9-10-18)15-7-5-8-16(19)13-15;/h5,7-8,13H,4,6,9-12,14H2,1-3H3,(H2,20,21,22);1H. The molecule has 1 aromatic rings. The van der Waals surface area contributed by atoms with E-state index in [-0.39, 0.29) is 35.2 Å². The molecule has 0 spiro atoms. The maximum atomic E-state index is 13.5. The van der Waals surface area contributed by atoms with Gasteiger partial charge in [0.15, 0.2) is 5.96 Å². The Morgan fingerprint density at radius 1 is 1.29 bits per heavy atom. The second kappa shape index (κ2) is 10.2. The van der Waals surface area contributed by atoms with Crippen LogP contribution in [0.15, 0.2) is 29.3 Å². The number of rotatable bonds is 8. The summed E-state index contributed by atoms with van der Waals surface area (Å²) in [6, 6.07) is 6.96. The van der Waals surface area contributed by atoms with Gasteiger partial charge in [-0.15, -0.1) is 24.0 Å². The van der Waals surface area contributed by atoms with Gasteiger partial charge >= 0.3 is 0 Å². The second-order valence-corrected chi connectivity index (χ2v) is 6.57. The maximum absolute atomic E-state index is 13.5. The van der Waals surface area contributed by atoms with E-state index in [1.54, 1.807) is 12.1 Å². The Hall–Kier alpha value is -0.890. The molecule has 2 rings (SSSR count). The molecule has 4 nitrogen and oxygen atoms in total. The lowest BCUT2D eigenvalue weighted by molar-refractivity contribution is 0.399. The van der Waals surface area contributed by atoms with Crippen LogP contribution in [0.25, 0.3) is 0 Å². The fraction of sp³-hybridized carbons (Fsp3) is 0.611. The zero-order valence-corrected chi connectivity index (χ0v) is 17.3. The molecule has 0 unspecified atom stereocenters. The quantitative estimate of drug-likeness (QED) is 0.278. The Kier molecular flexibility index (Phi) is 8.97. The van der Waals surface area contributed by atoms with Crippen LogP contribution in [0.4, 0.5) is 4.39 Å². The van der Waals surface area contributed by atoms with E-state index < -0.39 is 0 Å². The molecule has 6 heteroatoms. The first-order valence-corrected chi connectivity index (χ1v) is 8.49. The van der Waals surface area contributed by atoms with Crippen LogP contribution in [0.1, 0.15) is 31.7 Å². The predicted octanol–water partition coefficient (Wildman–Crippen LogP) is 2.98. The summed E-state index contributed by atoms with van der Waals surface area (Å²) in [7, 11) is 4.16. The highest BCUT2D eigenvalue weighted by atomic mass is 127. The summed E-state index contributed by atoms with van der Waals surface area (Å²) in [6.07, 6.45) is 3.24. The smallest absolute Gasteiger partial charge is 0.191 e. The highest BCUT2D eigenvalue weighted by Gasteiger charge is 2.44. The number of benzene rings is 1. The van der Waals surface area contributed by atoms with E-state index in [0.717, 1.165) is 50.4 Å². The lowest BCUT2D eigenvalue weighted by Gasteiger charge is -2.16. The van der Waals surface area contributed by atoms with Crippen LogP contribution in [0, 0.1) is 5.82 Å². The third-order valence-electron chi connectivity index (χ3n) is 4.25. The molecule has 0 saturated heterocycles. The third-order valence-corrected chi connectivity index (χ3v) is 4.25. The van der Waals surface area contributed by atoms with Gasteiger partial charge in [-0.3, -0.25) is 4.99 Å². The summed E-state index contributed by atoms with van der Waals surface area (Å²) in [5, 5.41) is 6.66. The molecule has 0 aliphatic heterocycles. The van der Waals surface area contributed by atoms with Crippen molar-refractivity contribution in [2.24, 2.45) is 4.99 Å². The fourth-order valence-corrected chi connectivity index (χ4v) is 2.68. The molecule has 136 valence electrons. The monoisotopic (exact) mass is 448 g/mol. The van der Waals surface area contributed by atoms with Gasteiger partial charge in [-0.05, 0) is 64.5 Å². The lowest BCUT2D eigenvalue weighted by atomic mass is 9.96. The fourth-order valence-electron chi connectivity index (χ4n) is 2.68. The molecule has 1 aromatic carbocycles. The van der Waals surface area contributed by atoms with Crippen molar-refractivity contribution in [3.8, 4) is 0 Å². The Labute approximate surface area is 162 Å². The molecule has 0 bridgehead atoms. The van der Waals surface area contributed by atoms with Crippen LogP contribution in [0.2, 0.25) is 0 Å². The summed E-state index contributed by atoms with van der Waals surface area (Å²) in [6.45, 7) is 5.57. The van der Waals surface area contributed by atoms with E-state index in [1.165, 1.54) is 6.07 Å². The number of aliphatic imine (C=N–C) groups is 1. The second-order valence-electron chi connectivity index (χ2n) is 6.57. The first kappa shape index (κ1) is 21.2. The van der Waals surface area contributed by atoms with Crippen molar-refractivity contribution in [2.75, 3.05) is 40.3 Å². The molecule has 1 aliphatic carbocycles. The summed E-state index contributed by atoms with van der Waals surface area (Å²) in [5.41, 5.74) is 1.11. The zero-order valence-electron chi connectivity index (χ0n) is 14.9. The van der Waals surface area contributed by atoms with Crippen molar-refractivity contribution in [3.63, 3.8) is 0 Å². The lowest BCUT2D eigenvalue weighted by Crippen LogP contribution is -2.39. The van der Waals surface area contributed by atoms with E-state index in [1.807, 2.05) is 6.07 Å².